The Labute approximate surface area is 144 Å². The minimum absolute atomic E-state index is 0.0445. The molecule has 0 aromatic carbocycles. The topological polar surface area (TPSA) is 69.7 Å². The predicted molar refractivity (Wildman–Crippen MR) is 92.1 cm³/mol. The van der Waals surface area contributed by atoms with Gasteiger partial charge in [-0.3, -0.25) is 14.4 Å². The Morgan fingerprint density at radius 1 is 0.917 bits per heavy atom. The lowest BCUT2D eigenvalue weighted by atomic mass is 9.80. The summed E-state index contributed by atoms with van der Waals surface area (Å²) in [5.41, 5.74) is 0. The van der Waals surface area contributed by atoms with Crippen LogP contribution in [0.4, 0.5) is 0 Å². The van der Waals surface area contributed by atoms with Crippen molar-refractivity contribution in [3.05, 3.63) is 0 Å². The van der Waals surface area contributed by atoms with E-state index in [1.54, 1.807) is 11.8 Å². The van der Waals surface area contributed by atoms with Gasteiger partial charge in [-0.1, -0.05) is 13.8 Å². The van der Waals surface area contributed by atoms with Crippen molar-refractivity contribution in [3.63, 3.8) is 0 Å². The zero-order chi connectivity index (χ0) is 17.7. The second kappa shape index (κ2) is 8.49. The van der Waals surface area contributed by atoms with Crippen molar-refractivity contribution in [3.8, 4) is 0 Å². The molecule has 3 amide bonds. The molecule has 1 aliphatic carbocycles. The van der Waals surface area contributed by atoms with E-state index in [0.29, 0.717) is 32.1 Å². The van der Waals surface area contributed by atoms with Gasteiger partial charge in [-0.2, -0.15) is 0 Å². The van der Waals surface area contributed by atoms with E-state index in [0.717, 1.165) is 32.2 Å². The van der Waals surface area contributed by atoms with E-state index in [1.807, 2.05) is 4.90 Å². The predicted octanol–water partition coefficient (Wildman–Crippen LogP) is 1.26. The third kappa shape index (κ3) is 4.95. The second-order valence-electron chi connectivity index (χ2n) is 7.52. The SMILES string of the molecule is CC(=O)N1CCN(C(=O)C2CCC(C(=O)NCC(C)C)CC2)CC1. The van der Waals surface area contributed by atoms with Crippen LogP contribution in [0.5, 0.6) is 0 Å². The van der Waals surface area contributed by atoms with E-state index < -0.39 is 0 Å². The molecule has 6 nitrogen and oxygen atoms in total. The van der Waals surface area contributed by atoms with Gasteiger partial charge in [0.2, 0.25) is 17.7 Å². The van der Waals surface area contributed by atoms with Crippen LogP contribution in [0, 0.1) is 17.8 Å². The van der Waals surface area contributed by atoms with Crippen molar-refractivity contribution in [2.24, 2.45) is 17.8 Å². The summed E-state index contributed by atoms with van der Waals surface area (Å²) >= 11 is 0. The highest BCUT2D eigenvalue weighted by atomic mass is 16.2. The Morgan fingerprint density at radius 2 is 1.42 bits per heavy atom. The van der Waals surface area contributed by atoms with Crippen molar-refractivity contribution in [2.75, 3.05) is 32.7 Å². The molecule has 0 atom stereocenters. The number of hydrogen-bond donors (Lipinski definition) is 1. The highest BCUT2D eigenvalue weighted by Gasteiger charge is 2.33. The van der Waals surface area contributed by atoms with E-state index in [9.17, 15) is 14.4 Å². The normalized spacial score (nSPS) is 24.8. The number of hydrogen-bond acceptors (Lipinski definition) is 3. The first kappa shape index (κ1) is 18.7. The van der Waals surface area contributed by atoms with Crippen molar-refractivity contribution < 1.29 is 14.4 Å². The third-order valence-electron chi connectivity index (χ3n) is 5.17. The van der Waals surface area contributed by atoms with E-state index in [4.69, 9.17) is 0 Å². The molecule has 0 aromatic heterocycles. The molecule has 2 fully saturated rings. The number of piperazine rings is 1. The lowest BCUT2D eigenvalue weighted by Gasteiger charge is -2.37. The van der Waals surface area contributed by atoms with Crippen molar-refractivity contribution in [1.82, 2.24) is 15.1 Å². The molecule has 0 unspecified atom stereocenters. The smallest absolute Gasteiger partial charge is 0.225 e. The molecule has 0 bridgehead atoms. The summed E-state index contributed by atoms with van der Waals surface area (Å²) < 4.78 is 0. The fourth-order valence-corrected chi connectivity index (χ4v) is 3.55. The molecule has 2 rings (SSSR count). The molecule has 6 heteroatoms. The fraction of sp³-hybridized carbons (Fsp3) is 0.833. The summed E-state index contributed by atoms with van der Waals surface area (Å²) in [6.45, 7) is 8.99. The van der Waals surface area contributed by atoms with Gasteiger partial charge in [0, 0.05) is 51.5 Å². The maximum absolute atomic E-state index is 12.6. The first-order valence-electron chi connectivity index (χ1n) is 9.20. The van der Waals surface area contributed by atoms with Gasteiger partial charge in [0.15, 0.2) is 0 Å². The number of rotatable bonds is 4. The van der Waals surface area contributed by atoms with Gasteiger partial charge >= 0.3 is 0 Å². The molecular weight excluding hydrogens is 306 g/mol. The Kier molecular flexibility index (Phi) is 6.63. The molecule has 1 aliphatic heterocycles. The summed E-state index contributed by atoms with van der Waals surface area (Å²) in [6, 6.07) is 0. The van der Waals surface area contributed by atoms with Crippen LogP contribution in [0.25, 0.3) is 0 Å². The maximum Gasteiger partial charge on any atom is 0.225 e. The zero-order valence-electron chi connectivity index (χ0n) is 15.2. The monoisotopic (exact) mass is 337 g/mol. The van der Waals surface area contributed by atoms with Gasteiger partial charge < -0.3 is 15.1 Å². The van der Waals surface area contributed by atoms with E-state index in [1.165, 1.54) is 0 Å². The van der Waals surface area contributed by atoms with Crippen LogP contribution in [0.15, 0.2) is 0 Å². The molecule has 2 aliphatic rings. The van der Waals surface area contributed by atoms with Crippen LogP contribution >= 0.6 is 0 Å². The average Bonchev–Trinajstić information content (AvgIpc) is 2.59. The minimum atomic E-state index is 0.0445. The molecule has 0 spiro atoms. The Bertz CT molecular complexity index is 462. The zero-order valence-corrected chi connectivity index (χ0v) is 15.2. The number of nitrogens with one attached hydrogen (secondary N) is 1. The van der Waals surface area contributed by atoms with Crippen LogP contribution in [-0.2, 0) is 14.4 Å². The molecule has 1 saturated carbocycles. The van der Waals surface area contributed by atoms with Crippen LogP contribution in [0.3, 0.4) is 0 Å². The fourth-order valence-electron chi connectivity index (χ4n) is 3.55. The highest BCUT2D eigenvalue weighted by molar-refractivity contribution is 5.81. The summed E-state index contributed by atoms with van der Waals surface area (Å²) in [5, 5.41) is 3.00. The molecular formula is C18H31N3O3. The Hall–Kier alpha value is -1.59. The van der Waals surface area contributed by atoms with Crippen LogP contribution in [-0.4, -0.2) is 60.2 Å². The lowest BCUT2D eigenvalue weighted by molar-refractivity contribution is -0.143. The molecule has 1 saturated heterocycles. The molecule has 24 heavy (non-hydrogen) atoms. The van der Waals surface area contributed by atoms with Crippen LogP contribution < -0.4 is 5.32 Å². The largest absolute Gasteiger partial charge is 0.356 e. The lowest BCUT2D eigenvalue weighted by Crippen LogP contribution is -2.51. The second-order valence-corrected chi connectivity index (χ2v) is 7.52. The minimum Gasteiger partial charge on any atom is -0.356 e. The van der Waals surface area contributed by atoms with Gasteiger partial charge in [0.25, 0.3) is 0 Å². The summed E-state index contributed by atoms with van der Waals surface area (Å²) in [5.74, 6) is 0.991. The van der Waals surface area contributed by atoms with Gasteiger partial charge in [-0.05, 0) is 31.6 Å². The molecule has 136 valence electrons. The number of carbonyl (C=O) groups excluding carboxylic acids is 3. The first-order valence-corrected chi connectivity index (χ1v) is 9.20. The Morgan fingerprint density at radius 3 is 1.92 bits per heavy atom. The summed E-state index contributed by atoms with van der Waals surface area (Å²) in [4.78, 5) is 39.8. The first-order chi connectivity index (χ1) is 11.4. The van der Waals surface area contributed by atoms with E-state index >= 15 is 0 Å². The molecule has 1 heterocycles. The molecule has 0 aromatic rings. The van der Waals surface area contributed by atoms with Gasteiger partial charge in [-0.15, -0.1) is 0 Å². The van der Waals surface area contributed by atoms with Gasteiger partial charge in [0.05, 0.1) is 0 Å². The van der Waals surface area contributed by atoms with Gasteiger partial charge in [-0.25, -0.2) is 0 Å². The van der Waals surface area contributed by atoms with E-state index in [-0.39, 0.29) is 29.6 Å². The van der Waals surface area contributed by atoms with Gasteiger partial charge in [0.1, 0.15) is 0 Å². The summed E-state index contributed by atoms with van der Waals surface area (Å²) in [7, 11) is 0. The third-order valence-corrected chi connectivity index (χ3v) is 5.17. The van der Waals surface area contributed by atoms with E-state index in [2.05, 4.69) is 19.2 Å². The molecule has 1 N–H and O–H groups in total. The number of carbonyl (C=O) groups is 3. The highest BCUT2D eigenvalue weighted by Crippen LogP contribution is 2.30. The standard InChI is InChI=1S/C18H31N3O3/c1-13(2)12-19-17(23)15-4-6-16(7-5-15)18(24)21-10-8-20(9-11-21)14(3)22/h13,15-16H,4-12H2,1-3H3,(H,19,23). The quantitative estimate of drug-likeness (QED) is 0.839. The van der Waals surface area contributed by atoms with Crippen molar-refractivity contribution >= 4 is 17.7 Å². The average molecular weight is 337 g/mol. The van der Waals surface area contributed by atoms with Crippen LogP contribution in [0.2, 0.25) is 0 Å². The van der Waals surface area contributed by atoms with Crippen molar-refractivity contribution in [2.45, 2.75) is 46.5 Å². The molecule has 0 radical (unpaired) electrons. The maximum atomic E-state index is 12.6. The summed E-state index contributed by atoms with van der Waals surface area (Å²) in [6.07, 6.45) is 3.19. The number of nitrogens with zero attached hydrogens (tertiary/aromatic N) is 2. The Balaban J connectivity index is 1.75. The van der Waals surface area contributed by atoms with Crippen molar-refractivity contribution in [1.29, 1.82) is 0 Å². The number of amides is 3. The van der Waals surface area contributed by atoms with Crippen LogP contribution in [0.1, 0.15) is 46.5 Å².